The highest BCUT2D eigenvalue weighted by Crippen LogP contribution is 2.26. The molecule has 16 heavy (non-hydrogen) atoms. The highest BCUT2D eigenvalue weighted by atomic mass is 35.5. The van der Waals surface area contributed by atoms with Crippen LogP contribution in [0.25, 0.3) is 0 Å². The number of ether oxygens (including phenoxy) is 1. The summed E-state index contributed by atoms with van der Waals surface area (Å²) in [6.07, 6.45) is 1.25. The van der Waals surface area contributed by atoms with E-state index < -0.39 is 0 Å². The van der Waals surface area contributed by atoms with Crippen LogP contribution in [0.5, 0.6) is 0 Å². The zero-order valence-electron chi connectivity index (χ0n) is 9.74. The van der Waals surface area contributed by atoms with Crippen molar-refractivity contribution in [3.05, 3.63) is 34.9 Å². The van der Waals surface area contributed by atoms with E-state index >= 15 is 0 Å². The number of benzene rings is 1. The van der Waals surface area contributed by atoms with Gasteiger partial charge < -0.3 is 10.1 Å². The first-order chi connectivity index (χ1) is 7.70. The standard InChI is InChI=1S/C13H18ClNO/c1-3-12-8-16-13(9(2)15-12)10-4-6-11(14)7-5-10/h4-7,9,12-13,15H,3,8H2,1-2H3. The molecule has 1 aromatic rings. The van der Waals surface area contributed by atoms with E-state index in [4.69, 9.17) is 16.3 Å². The predicted octanol–water partition coefficient (Wildman–Crippen LogP) is 3.17. The average Bonchev–Trinajstić information content (AvgIpc) is 2.30. The Bertz CT molecular complexity index is 338. The van der Waals surface area contributed by atoms with Gasteiger partial charge in [-0.25, -0.2) is 0 Å². The van der Waals surface area contributed by atoms with E-state index in [0.717, 1.165) is 18.1 Å². The molecule has 88 valence electrons. The Morgan fingerprint density at radius 1 is 1.38 bits per heavy atom. The molecular weight excluding hydrogens is 222 g/mol. The molecule has 1 fully saturated rings. The Morgan fingerprint density at radius 2 is 2.06 bits per heavy atom. The van der Waals surface area contributed by atoms with Gasteiger partial charge in [0.05, 0.1) is 12.7 Å². The number of halogens is 1. The average molecular weight is 240 g/mol. The molecule has 0 aliphatic carbocycles. The topological polar surface area (TPSA) is 21.3 Å². The van der Waals surface area contributed by atoms with Crippen molar-refractivity contribution in [3.63, 3.8) is 0 Å². The Kier molecular flexibility index (Phi) is 3.85. The second kappa shape index (κ2) is 5.17. The molecule has 0 bridgehead atoms. The zero-order valence-corrected chi connectivity index (χ0v) is 10.5. The molecule has 0 aromatic heterocycles. The van der Waals surface area contributed by atoms with E-state index in [2.05, 4.69) is 19.2 Å². The summed E-state index contributed by atoms with van der Waals surface area (Å²) < 4.78 is 5.91. The maximum Gasteiger partial charge on any atom is 0.0975 e. The van der Waals surface area contributed by atoms with Gasteiger partial charge in [-0.1, -0.05) is 30.7 Å². The normalized spacial score (nSPS) is 30.3. The van der Waals surface area contributed by atoms with E-state index in [0.29, 0.717) is 12.1 Å². The molecule has 1 aliphatic rings. The fourth-order valence-corrected chi connectivity index (χ4v) is 2.27. The van der Waals surface area contributed by atoms with Gasteiger partial charge in [-0.05, 0) is 31.0 Å². The lowest BCUT2D eigenvalue weighted by molar-refractivity contribution is -0.0251. The van der Waals surface area contributed by atoms with Gasteiger partial charge in [0.1, 0.15) is 0 Å². The lowest BCUT2D eigenvalue weighted by Crippen LogP contribution is -2.48. The molecule has 3 unspecified atom stereocenters. The van der Waals surface area contributed by atoms with Gasteiger partial charge in [0, 0.05) is 17.1 Å². The summed E-state index contributed by atoms with van der Waals surface area (Å²) in [5.41, 5.74) is 1.19. The number of nitrogens with one attached hydrogen (secondary N) is 1. The van der Waals surface area contributed by atoms with Gasteiger partial charge in [0.25, 0.3) is 0 Å². The number of hydrogen-bond acceptors (Lipinski definition) is 2. The molecule has 1 aromatic carbocycles. The van der Waals surface area contributed by atoms with Gasteiger partial charge in [0.2, 0.25) is 0 Å². The molecule has 1 N–H and O–H groups in total. The lowest BCUT2D eigenvalue weighted by atomic mass is 10.00. The highest BCUT2D eigenvalue weighted by Gasteiger charge is 2.27. The van der Waals surface area contributed by atoms with E-state index in [9.17, 15) is 0 Å². The van der Waals surface area contributed by atoms with Crippen LogP contribution in [0.3, 0.4) is 0 Å². The van der Waals surface area contributed by atoms with Crippen molar-refractivity contribution in [3.8, 4) is 0 Å². The fraction of sp³-hybridized carbons (Fsp3) is 0.538. The third kappa shape index (κ3) is 2.57. The van der Waals surface area contributed by atoms with Gasteiger partial charge in [-0.15, -0.1) is 0 Å². The van der Waals surface area contributed by atoms with Crippen LogP contribution in [0.15, 0.2) is 24.3 Å². The van der Waals surface area contributed by atoms with Crippen LogP contribution < -0.4 is 5.32 Å². The summed E-state index contributed by atoms with van der Waals surface area (Å²) in [7, 11) is 0. The molecule has 0 saturated carbocycles. The third-order valence-electron chi connectivity index (χ3n) is 3.12. The zero-order chi connectivity index (χ0) is 11.5. The van der Waals surface area contributed by atoms with Crippen molar-refractivity contribution in [1.82, 2.24) is 5.32 Å². The molecule has 1 aliphatic heterocycles. The van der Waals surface area contributed by atoms with Crippen molar-refractivity contribution in [2.75, 3.05) is 6.61 Å². The molecule has 2 nitrogen and oxygen atoms in total. The molecule has 0 spiro atoms. The first-order valence-electron chi connectivity index (χ1n) is 5.84. The smallest absolute Gasteiger partial charge is 0.0975 e. The summed E-state index contributed by atoms with van der Waals surface area (Å²) >= 11 is 5.88. The highest BCUT2D eigenvalue weighted by molar-refractivity contribution is 6.30. The summed E-state index contributed by atoms with van der Waals surface area (Å²) in [5.74, 6) is 0. The largest absolute Gasteiger partial charge is 0.370 e. The Labute approximate surface area is 102 Å². The Hall–Kier alpha value is -0.570. The van der Waals surface area contributed by atoms with Crippen LogP contribution in [0.2, 0.25) is 5.02 Å². The molecule has 0 amide bonds. The first-order valence-corrected chi connectivity index (χ1v) is 6.21. The van der Waals surface area contributed by atoms with E-state index in [1.165, 1.54) is 5.56 Å². The maximum atomic E-state index is 5.91. The van der Waals surface area contributed by atoms with Crippen LogP contribution in [0.1, 0.15) is 31.9 Å². The first kappa shape index (κ1) is 11.9. The van der Waals surface area contributed by atoms with Crippen LogP contribution in [-0.2, 0) is 4.74 Å². The van der Waals surface area contributed by atoms with Crippen LogP contribution in [0, 0.1) is 0 Å². The molecule has 1 saturated heterocycles. The molecule has 1 heterocycles. The summed E-state index contributed by atoms with van der Waals surface area (Å²) in [5, 5.41) is 4.34. The van der Waals surface area contributed by atoms with Crippen LogP contribution >= 0.6 is 11.6 Å². The van der Waals surface area contributed by atoms with E-state index in [1.54, 1.807) is 0 Å². The third-order valence-corrected chi connectivity index (χ3v) is 3.37. The summed E-state index contributed by atoms with van der Waals surface area (Å²) in [6, 6.07) is 8.74. The molecule has 0 radical (unpaired) electrons. The Balaban J connectivity index is 2.08. The van der Waals surface area contributed by atoms with Crippen LogP contribution in [-0.4, -0.2) is 18.7 Å². The van der Waals surface area contributed by atoms with Crippen molar-refractivity contribution < 1.29 is 4.74 Å². The molecule has 2 rings (SSSR count). The van der Waals surface area contributed by atoms with Gasteiger partial charge >= 0.3 is 0 Å². The predicted molar refractivity (Wildman–Crippen MR) is 66.8 cm³/mol. The minimum Gasteiger partial charge on any atom is -0.370 e. The van der Waals surface area contributed by atoms with E-state index in [1.807, 2.05) is 24.3 Å². The SMILES string of the molecule is CCC1COC(c2ccc(Cl)cc2)C(C)N1. The van der Waals surface area contributed by atoms with E-state index in [-0.39, 0.29) is 6.10 Å². The second-order valence-electron chi connectivity index (χ2n) is 4.37. The maximum absolute atomic E-state index is 5.91. The number of rotatable bonds is 2. The minimum atomic E-state index is 0.139. The Morgan fingerprint density at radius 3 is 2.62 bits per heavy atom. The quantitative estimate of drug-likeness (QED) is 0.856. The molecule has 3 atom stereocenters. The summed E-state index contributed by atoms with van der Waals surface area (Å²) in [4.78, 5) is 0. The molecular formula is C13H18ClNO. The number of hydrogen-bond donors (Lipinski definition) is 1. The van der Waals surface area contributed by atoms with Crippen molar-refractivity contribution >= 4 is 11.6 Å². The van der Waals surface area contributed by atoms with Crippen molar-refractivity contribution in [2.45, 2.75) is 38.5 Å². The summed E-state index contributed by atoms with van der Waals surface area (Å²) in [6.45, 7) is 5.13. The van der Waals surface area contributed by atoms with Crippen LogP contribution in [0.4, 0.5) is 0 Å². The molecule has 3 heteroatoms. The fourth-order valence-electron chi connectivity index (χ4n) is 2.14. The van der Waals surface area contributed by atoms with Gasteiger partial charge in [0.15, 0.2) is 0 Å². The monoisotopic (exact) mass is 239 g/mol. The lowest BCUT2D eigenvalue weighted by Gasteiger charge is -2.35. The van der Waals surface area contributed by atoms with Crippen molar-refractivity contribution in [1.29, 1.82) is 0 Å². The van der Waals surface area contributed by atoms with Crippen molar-refractivity contribution in [2.24, 2.45) is 0 Å². The minimum absolute atomic E-state index is 0.139. The number of morpholine rings is 1. The second-order valence-corrected chi connectivity index (χ2v) is 4.80. The van der Waals surface area contributed by atoms with Gasteiger partial charge in [-0.3, -0.25) is 0 Å². The van der Waals surface area contributed by atoms with Gasteiger partial charge in [-0.2, -0.15) is 0 Å².